The van der Waals surface area contributed by atoms with Gasteiger partial charge in [0.25, 0.3) is 6.47 Å². The summed E-state index contributed by atoms with van der Waals surface area (Å²) < 4.78 is 10.4. The van der Waals surface area contributed by atoms with Gasteiger partial charge in [0, 0.05) is 18.8 Å². The van der Waals surface area contributed by atoms with E-state index < -0.39 is 12.2 Å². The molecule has 0 heterocycles. The average molecular weight is 461 g/mol. The number of hydrogen-bond donors (Lipinski definition) is 2. The maximum Gasteiger partial charge on any atom is 0.306 e. The number of aliphatic hydroxyl groups is 2. The molecule has 0 aromatic heterocycles. The first-order valence-electron chi connectivity index (χ1n) is 12.2. The van der Waals surface area contributed by atoms with E-state index in [4.69, 9.17) is 9.47 Å². The zero-order chi connectivity index (χ0) is 24.1. The summed E-state index contributed by atoms with van der Waals surface area (Å²) in [6.45, 7) is 4.14. The van der Waals surface area contributed by atoms with Crippen LogP contribution >= 0.6 is 0 Å². The highest BCUT2D eigenvalue weighted by Crippen LogP contribution is 2.40. The molecule has 1 saturated carbocycles. The summed E-state index contributed by atoms with van der Waals surface area (Å²) in [5.41, 5.74) is 1.21. The van der Waals surface area contributed by atoms with E-state index in [1.807, 2.05) is 38.1 Å². The van der Waals surface area contributed by atoms with Gasteiger partial charge in [-0.25, -0.2) is 0 Å². The molecule has 0 aliphatic heterocycles. The monoisotopic (exact) mass is 460 g/mol. The van der Waals surface area contributed by atoms with Crippen LogP contribution in [0.3, 0.4) is 0 Å². The van der Waals surface area contributed by atoms with E-state index in [1.54, 1.807) is 0 Å². The predicted octanol–water partition coefficient (Wildman–Crippen LogP) is 4.37. The zero-order valence-electron chi connectivity index (χ0n) is 20.0. The van der Waals surface area contributed by atoms with Crippen LogP contribution in [0.2, 0.25) is 0 Å². The number of aliphatic hydroxyl groups excluding tert-OH is 2. The van der Waals surface area contributed by atoms with Crippen LogP contribution in [0.15, 0.2) is 42.5 Å². The van der Waals surface area contributed by atoms with Crippen molar-refractivity contribution >= 4 is 12.4 Å². The van der Waals surface area contributed by atoms with Crippen molar-refractivity contribution in [1.29, 1.82) is 0 Å². The Morgan fingerprint density at radius 3 is 2.61 bits per heavy atom. The van der Waals surface area contributed by atoms with Crippen LogP contribution < -0.4 is 0 Å². The quantitative estimate of drug-likeness (QED) is 0.175. The lowest BCUT2D eigenvalue weighted by Gasteiger charge is -2.24. The molecule has 6 nitrogen and oxygen atoms in total. The minimum absolute atomic E-state index is 0.0213. The average Bonchev–Trinajstić information content (AvgIpc) is 3.07. The van der Waals surface area contributed by atoms with Crippen LogP contribution in [-0.4, -0.2) is 47.1 Å². The standard InChI is InChI=1S/C27H40O6/c1-20(2)33-27(31)13-9-4-3-8-12-24-23(25(30)18-26(24)32-19-28)17-16-22(29)15-14-21-10-6-5-7-11-21/h3,5-8,10-11,19-20,22-26,29-30H,4,9,12-18H2,1-2H3/b8-3-/t22-,23+,24+,25+,26-/m0/s1. The van der Waals surface area contributed by atoms with Crippen LogP contribution in [0, 0.1) is 11.8 Å². The van der Waals surface area contributed by atoms with Crippen LogP contribution in [0.5, 0.6) is 0 Å². The minimum atomic E-state index is -0.541. The Bertz CT molecular complexity index is 717. The van der Waals surface area contributed by atoms with E-state index in [1.165, 1.54) is 5.56 Å². The Labute approximate surface area is 198 Å². The van der Waals surface area contributed by atoms with Gasteiger partial charge in [-0.05, 0) is 70.3 Å². The Kier molecular flexibility index (Phi) is 12.2. The molecule has 0 radical (unpaired) electrons. The van der Waals surface area contributed by atoms with Gasteiger partial charge in [-0.3, -0.25) is 9.59 Å². The van der Waals surface area contributed by atoms with E-state index in [2.05, 4.69) is 18.2 Å². The number of unbranched alkanes of at least 4 members (excludes halogenated alkanes) is 1. The van der Waals surface area contributed by atoms with Crippen LogP contribution in [0.25, 0.3) is 0 Å². The molecule has 0 bridgehead atoms. The fraction of sp³-hybridized carbons (Fsp3) is 0.630. The summed E-state index contributed by atoms with van der Waals surface area (Å²) in [5.74, 6) is -0.177. The van der Waals surface area contributed by atoms with Gasteiger partial charge < -0.3 is 19.7 Å². The molecular formula is C27H40O6. The van der Waals surface area contributed by atoms with Crippen LogP contribution in [0.1, 0.15) is 70.8 Å². The molecule has 1 aromatic carbocycles. The number of allylic oxidation sites excluding steroid dienone is 2. The topological polar surface area (TPSA) is 93.1 Å². The summed E-state index contributed by atoms with van der Waals surface area (Å²) in [4.78, 5) is 22.6. The molecule has 2 rings (SSSR count). The van der Waals surface area contributed by atoms with Gasteiger partial charge in [0.05, 0.1) is 18.3 Å². The number of ether oxygens (including phenoxy) is 2. The lowest BCUT2D eigenvalue weighted by atomic mass is 9.85. The van der Waals surface area contributed by atoms with Crippen LogP contribution in [-0.2, 0) is 25.5 Å². The molecule has 1 aliphatic rings. The van der Waals surface area contributed by atoms with Crippen molar-refractivity contribution in [3.63, 3.8) is 0 Å². The van der Waals surface area contributed by atoms with Gasteiger partial charge in [-0.2, -0.15) is 0 Å². The third kappa shape index (κ3) is 10.1. The largest absolute Gasteiger partial charge is 0.464 e. The fourth-order valence-corrected chi connectivity index (χ4v) is 4.67. The smallest absolute Gasteiger partial charge is 0.306 e. The number of benzene rings is 1. The van der Waals surface area contributed by atoms with Crippen molar-refractivity contribution in [1.82, 2.24) is 0 Å². The molecular weight excluding hydrogens is 420 g/mol. The Balaban J connectivity index is 1.79. The Hall–Kier alpha value is -2.18. The van der Waals surface area contributed by atoms with E-state index in [0.29, 0.717) is 45.0 Å². The lowest BCUT2D eigenvalue weighted by Crippen LogP contribution is -2.24. The SMILES string of the molecule is CC(C)OC(=O)CCC/C=C\C[C@@H]1[C@@H](CC[C@@H](O)CCc2ccccc2)[C@H](O)C[C@@H]1OC=O. The molecule has 1 aromatic rings. The van der Waals surface area contributed by atoms with Crippen molar-refractivity contribution < 1.29 is 29.3 Å². The molecule has 1 aliphatic carbocycles. The summed E-state index contributed by atoms with van der Waals surface area (Å²) in [6, 6.07) is 10.1. The molecule has 1 fully saturated rings. The second kappa shape index (κ2) is 14.9. The maximum absolute atomic E-state index is 11.6. The summed E-state index contributed by atoms with van der Waals surface area (Å²) in [6.07, 6.45) is 8.54. The van der Waals surface area contributed by atoms with Crippen molar-refractivity contribution in [2.75, 3.05) is 0 Å². The first kappa shape index (κ1) is 27.1. The first-order valence-corrected chi connectivity index (χ1v) is 12.2. The molecule has 5 atom stereocenters. The summed E-state index contributed by atoms with van der Waals surface area (Å²) in [5, 5.41) is 21.1. The van der Waals surface area contributed by atoms with Gasteiger partial charge in [0.1, 0.15) is 6.10 Å². The number of esters is 1. The minimum Gasteiger partial charge on any atom is -0.464 e. The third-order valence-electron chi connectivity index (χ3n) is 6.36. The highest BCUT2D eigenvalue weighted by Gasteiger charge is 2.42. The number of carbonyl (C=O) groups is 2. The lowest BCUT2D eigenvalue weighted by molar-refractivity contribution is -0.147. The Morgan fingerprint density at radius 2 is 1.91 bits per heavy atom. The normalized spacial score (nSPS) is 23.7. The number of hydrogen-bond acceptors (Lipinski definition) is 6. The highest BCUT2D eigenvalue weighted by molar-refractivity contribution is 5.69. The molecule has 0 amide bonds. The van der Waals surface area contributed by atoms with Crippen molar-refractivity contribution in [2.45, 2.75) is 96.1 Å². The first-order chi connectivity index (χ1) is 15.9. The number of carbonyl (C=O) groups excluding carboxylic acids is 2. The molecule has 184 valence electrons. The van der Waals surface area contributed by atoms with Gasteiger partial charge in [0.15, 0.2) is 0 Å². The zero-order valence-corrected chi connectivity index (χ0v) is 20.0. The van der Waals surface area contributed by atoms with E-state index in [9.17, 15) is 19.8 Å². The van der Waals surface area contributed by atoms with Crippen molar-refractivity contribution in [3.05, 3.63) is 48.0 Å². The molecule has 33 heavy (non-hydrogen) atoms. The molecule has 6 heteroatoms. The van der Waals surface area contributed by atoms with Gasteiger partial charge in [-0.15, -0.1) is 0 Å². The molecule has 0 saturated heterocycles. The second-order valence-electron chi connectivity index (χ2n) is 9.29. The van der Waals surface area contributed by atoms with Crippen LogP contribution in [0.4, 0.5) is 0 Å². The third-order valence-corrected chi connectivity index (χ3v) is 6.36. The van der Waals surface area contributed by atoms with Crippen molar-refractivity contribution in [3.8, 4) is 0 Å². The number of aryl methyl sites for hydroxylation is 1. The van der Waals surface area contributed by atoms with Gasteiger partial charge in [-0.1, -0.05) is 42.5 Å². The fourth-order valence-electron chi connectivity index (χ4n) is 4.67. The van der Waals surface area contributed by atoms with Gasteiger partial charge in [0.2, 0.25) is 0 Å². The summed E-state index contributed by atoms with van der Waals surface area (Å²) in [7, 11) is 0. The van der Waals surface area contributed by atoms with Gasteiger partial charge >= 0.3 is 5.97 Å². The highest BCUT2D eigenvalue weighted by atomic mass is 16.5. The molecule has 2 N–H and O–H groups in total. The van der Waals surface area contributed by atoms with E-state index >= 15 is 0 Å². The predicted molar refractivity (Wildman–Crippen MR) is 127 cm³/mol. The second-order valence-corrected chi connectivity index (χ2v) is 9.29. The summed E-state index contributed by atoms with van der Waals surface area (Å²) >= 11 is 0. The molecule has 0 unspecified atom stereocenters. The molecule has 0 spiro atoms. The number of rotatable bonds is 15. The maximum atomic E-state index is 11.6. The Morgan fingerprint density at radius 1 is 1.15 bits per heavy atom. The van der Waals surface area contributed by atoms with Crippen molar-refractivity contribution in [2.24, 2.45) is 11.8 Å². The van der Waals surface area contributed by atoms with E-state index in [0.717, 1.165) is 19.3 Å². The van der Waals surface area contributed by atoms with E-state index in [-0.39, 0.29) is 30.0 Å².